The third-order valence-corrected chi connectivity index (χ3v) is 3.24. The van der Waals surface area contributed by atoms with Crippen molar-refractivity contribution in [3.63, 3.8) is 0 Å². The van der Waals surface area contributed by atoms with E-state index in [0.717, 1.165) is 25.2 Å². The van der Waals surface area contributed by atoms with Gasteiger partial charge in [-0.3, -0.25) is 0 Å². The van der Waals surface area contributed by atoms with Gasteiger partial charge in [0.25, 0.3) is 0 Å². The van der Waals surface area contributed by atoms with Crippen LogP contribution in [0.1, 0.15) is 19.8 Å². The fourth-order valence-corrected chi connectivity index (χ4v) is 2.34. The zero-order chi connectivity index (χ0) is 13.1. The number of nitrogens with zero attached hydrogens (tertiary/aromatic N) is 1. The van der Waals surface area contributed by atoms with Gasteiger partial charge in [-0.25, -0.2) is 0 Å². The van der Waals surface area contributed by atoms with Gasteiger partial charge in [0, 0.05) is 24.8 Å². The van der Waals surface area contributed by atoms with Gasteiger partial charge in [-0.2, -0.15) is 8.78 Å². The molecule has 1 heterocycles. The van der Waals surface area contributed by atoms with Crippen molar-refractivity contribution in [3.8, 4) is 5.75 Å². The fraction of sp³-hybridized carbons (Fsp3) is 0.538. The van der Waals surface area contributed by atoms with Crippen molar-refractivity contribution in [1.29, 1.82) is 0 Å². The van der Waals surface area contributed by atoms with Crippen molar-refractivity contribution in [2.75, 3.05) is 23.7 Å². The minimum Gasteiger partial charge on any atom is -0.433 e. The summed E-state index contributed by atoms with van der Waals surface area (Å²) in [5.74, 6) is 0.677. The molecular formula is C13H18F2N2O. The van der Waals surface area contributed by atoms with Gasteiger partial charge < -0.3 is 15.4 Å². The van der Waals surface area contributed by atoms with Crippen LogP contribution in [-0.2, 0) is 0 Å². The molecular weight excluding hydrogens is 238 g/mol. The number of alkyl halides is 2. The Bertz CT molecular complexity index is 412. The number of nitrogens with two attached hydrogens (primary N) is 1. The number of anilines is 2. The van der Waals surface area contributed by atoms with Crippen LogP contribution < -0.4 is 15.4 Å². The fourth-order valence-electron chi connectivity index (χ4n) is 2.34. The minimum atomic E-state index is -2.84. The Morgan fingerprint density at radius 1 is 1.44 bits per heavy atom. The maximum absolute atomic E-state index is 12.2. The Kier molecular flexibility index (Phi) is 3.89. The van der Waals surface area contributed by atoms with E-state index in [2.05, 4.69) is 16.6 Å². The molecule has 1 aromatic rings. The number of benzene rings is 1. The van der Waals surface area contributed by atoms with Gasteiger partial charge >= 0.3 is 6.61 Å². The Balaban J connectivity index is 2.17. The molecule has 0 bridgehead atoms. The smallest absolute Gasteiger partial charge is 0.387 e. The van der Waals surface area contributed by atoms with E-state index >= 15 is 0 Å². The molecule has 1 aliphatic rings. The van der Waals surface area contributed by atoms with Crippen molar-refractivity contribution in [2.45, 2.75) is 26.4 Å². The quantitative estimate of drug-likeness (QED) is 0.844. The molecule has 2 rings (SSSR count). The summed E-state index contributed by atoms with van der Waals surface area (Å²) in [5.41, 5.74) is 6.75. The molecule has 1 aromatic carbocycles. The summed E-state index contributed by atoms with van der Waals surface area (Å²) < 4.78 is 28.9. The molecule has 0 radical (unpaired) electrons. The van der Waals surface area contributed by atoms with Crippen molar-refractivity contribution in [3.05, 3.63) is 18.2 Å². The summed E-state index contributed by atoms with van der Waals surface area (Å²) >= 11 is 0. The topological polar surface area (TPSA) is 38.5 Å². The van der Waals surface area contributed by atoms with Crippen molar-refractivity contribution >= 4 is 11.4 Å². The summed E-state index contributed by atoms with van der Waals surface area (Å²) in [4.78, 5) is 2.19. The van der Waals surface area contributed by atoms with Crippen LogP contribution in [0.3, 0.4) is 0 Å². The first-order valence-corrected chi connectivity index (χ1v) is 6.15. The van der Waals surface area contributed by atoms with Gasteiger partial charge in [0.1, 0.15) is 0 Å². The molecule has 1 fully saturated rings. The monoisotopic (exact) mass is 256 g/mol. The van der Waals surface area contributed by atoms with Crippen LogP contribution in [0.2, 0.25) is 0 Å². The van der Waals surface area contributed by atoms with Crippen LogP contribution in [-0.4, -0.2) is 19.7 Å². The molecule has 2 N–H and O–H groups in total. The van der Waals surface area contributed by atoms with E-state index in [1.807, 2.05) is 6.07 Å². The maximum atomic E-state index is 12.2. The highest BCUT2D eigenvalue weighted by atomic mass is 19.3. The maximum Gasteiger partial charge on any atom is 0.387 e. The molecule has 0 amide bonds. The first-order valence-electron chi connectivity index (χ1n) is 6.15. The number of piperidine rings is 1. The van der Waals surface area contributed by atoms with Crippen LogP contribution in [0.5, 0.6) is 5.75 Å². The summed E-state index contributed by atoms with van der Waals surface area (Å²) in [6, 6.07) is 5.07. The number of hydrogen-bond donors (Lipinski definition) is 1. The van der Waals surface area contributed by atoms with Crippen LogP contribution in [0.25, 0.3) is 0 Å². The third-order valence-electron chi connectivity index (χ3n) is 3.24. The third kappa shape index (κ3) is 3.03. The molecule has 18 heavy (non-hydrogen) atoms. The highest BCUT2D eigenvalue weighted by Gasteiger charge is 2.18. The predicted octanol–water partition coefficient (Wildman–Crippen LogP) is 3.11. The molecule has 1 aliphatic heterocycles. The molecule has 1 saturated heterocycles. The second kappa shape index (κ2) is 5.42. The van der Waals surface area contributed by atoms with E-state index in [4.69, 9.17) is 5.73 Å². The molecule has 0 spiro atoms. The van der Waals surface area contributed by atoms with E-state index < -0.39 is 6.61 Å². The Labute approximate surface area is 106 Å². The minimum absolute atomic E-state index is 0.0562. The lowest BCUT2D eigenvalue weighted by atomic mass is 10.00. The van der Waals surface area contributed by atoms with E-state index in [0.29, 0.717) is 5.92 Å². The van der Waals surface area contributed by atoms with Crippen molar-refractivity contribution in [2.24, 2.45) is 5.92 Å². The van der Waals surface area contributed by atoms with Crippen LogP contribution >= 0.6 is 0 Å². The lowest BCUT2D eigenvalue weighted by Gasteiger charge is -2.33. The summed E-state index contributed by atoms with van der Waals surface area (Å²) in [6.45, 7) is 1.24. The number of rotatable bonds is 3. The van der Waals surface area contributed by atoms with Gasteiger partial charge in [-0.05, 0) is 30.9 Å². The second-order valence-electron chi connectivity index (χ2n) is 4.79. The summed E-state index contributed by atoms with van der Waals surface area (Å²) in [6.07, 6.45) is 2.34. The van der Waals surface area contributed by atoms with Crippen molar-refractivity contribution < 1.29 is 13.5 Å². The molecule has 0 aromatic heterocycles. The first-order chi connectivity index (χ1) is 8.56. The molecule has 1 unspecified atom stereocenters. The summed E-state index contributed by atoms with van der Waals surface area (Å²) in [5, 5.41) is 0. The predicted molar refractivity (Wildman–Crippen MR) is 68.1 cm³/mol. The van der Waals surface area contributed by atoms with Crippen molar-refractivity contribution in [1.82, 2.24) is 0 Å². The highest BCUT2D eigenvalue weighted by Crippen LogP contribution is 2.31. The van der Waals surface area contributed by atoms with Crippen LogP contribution in [0.4, 0.5) is 20.2 Å². The molecule has 100 valence electrons. The Hall–Kier alpha value is -1.52. The van der Waals surface area contributed by atoms with Crippen LogP contribution in [0.15, 0.2) is 18.2 Å². The molecule has 1 atom stereocenters. The van der Waals surface area contributed by atoms with Crippen LogP contribution in [0, 0.1) is 5.92 Å². The van der Waals surface area contributed by atoms with Gasteiger partial charge in [0.05, 0.1) is 5.69 Å². The Morgan fingerprint density at radius 3 is 2.89 bits per heavy atom. The number of hydrogen-bond acceptors (Lipinski definition) is 3. The lowest BCUT2D eigenvalue weighted by molar-refractivity contribution is -0.0493. The second-order valence-corrected chi connectivity index (χ2v) is 4.79. The number of halogens is 2. The largest absolute Gasteiger partial charge is 0.433 e. The molecule has 0 aliphatic carbocycles. The number of ether oxygens (including phenoxy) is 1. The zero-order valence-electron chi connectivity index (χ0n) is 10.4. The van der Waals surface area contributed by atoms with E-state index in [1.54, 1.807) is 12.1 Å². The molecule has 5 heteroatoms. The Morgan fingerprint density at radius 2 is 2.22 bits per heavy atom. The number of nitrogen functional groups attached to an aromatic ring is 1. The average Bonchev–Trinajstić information content (AvgIpc) is 2.31. The van der Waals surface area contributed by atoms with E-state index in [1.165, 1.54) is 6.42 Å². The SMILES string of the molecule is CC1CCCN(c2ccc(N)c(OC(F)F)c2)C1. The molecule has 3 nitrogen and oxygen atoms in total. The first kappa shape index (κ1) is 12.9. The highest BCUT2D eigenvalue weighted by molar-refractivity contribution is 5.62. The van der Waals surface area contributed by atoms with E-state index in [9.17, 15) is 8.78 Å². The summed E-state index contributed by atoms with van der Waals surface area (Å²) in [7, 11) is 0. The normalized spacial score (nSPS) is 20.2. The molecule has 0 saturated carbocycles. The van der Waals surface area contributed by atoms with Gasteiger partial charge in [0.15, 0.2) is 5.75 Å². The average molecular weight is 256 g/mol. The zero-order valence-corrected chi connectivity index (χ0v) is 10.4. The van der Waals surface area contributed by atoms with E-state index in [-0.39, 0.29) is 11.4 Å². The van der Waals surface area contributed by atoms with Gasteiger partial charge in [-0.1, -0.05) is 6.92 Å². The lowest BCUT2D eigenvalue weighted by Crippen LogP contribution is -2.34. The standard InChI is InChI=1S/C13H18F2N2O/c1-9-3-2-6-17(8-9)10-4-5-11(16)12(7-10)18-13(14)15/h4-5,7,9,13H,2-3,6,8,16H2,1H3. The van der Waals surface area contributed by atoms with Gasteiger partial charge in [0.2, 0.25) is 0 Å². The van der Waals surface area contributed by atoms with Gasteiger partial charge in [-0.15, -0.1) is 0 Å².